The average Bonchev–Trinajstić information content (AvgIpc) is 2.62. The molecule has 0 aromatic heterocycles. The fraction of sp³-hybridized carbons (Fsp3) is 0.333. The van der Waals surface area contributed by atoms with Gasteiger partial charge in [0.2, 0.25) is 11.8 Å². The maximum absolute atomic E-state index is 12.0. The van der Waals surface area contributed by atoms with Gasteiger partial charge in [-0.25, -0.2) is 0 Å². The van der Waals surface area contributed by atoms with Crippen LogP contribution in [0.3, 0.4) is 0 Å². The molecule has 26 heavy (non-hydrogen) atoms. The predicted octanol–water partition coefficient (Wildman–Crippen LogP) is 2.69. The first-order chi connectivity index (χ1) is 12.4. The van der Waals surface area contributed by atoms with E-state index in [0.717, 1.165) is 11.1 Å². The minimum absolute atomic E-state index is 0.0379. The molecule has 0 fully saturated rings. The Hall–Kier alpha value is -2.66. The highest BCUT2D eigenvalue weighted by Crippen LogP contribution is 2.12. The van der Waals surface area contributed by atoms with Crippen LogP contribution in [0.1, 0.15) is 31.4 Å². The molecule has 0 saturated heterocycles. The van der Waals surface area contributed by atoms with Gasteiger partial charge in [-0.15, -0.1) is 0 Å². The van der Waals surface area contributed by atoms with Crippen LogP contribution in [0.5, 0.6) is 0 Å². The van der Waals surface area contributed by atoms with Crippen LogP contribution < -0.4 is 10.6 Å². The van der Waals surface area contributed by atoms with Gasteiger partial charge in [-0.05, 0) is 43.5 Å². The molecule has 0 spiro atoms. The Balaban J connectivity index is 1.81. The van der Waals surface area contributed by atoms with Crippen molar-refractivity contribution in [3.05, 3.63) is 65.7 Å². The van der Waals surface area contributed by atoms with E-state index in [-0.39, 0.29) is 24.8 Å². The third-order valence-electron chi connectivity index (χ3n) is 3.96. The van der Waals surface area contributed by atoms with Gasteiger partial charge in [0, 0.05) is 12.1 Å². The third kappa shape index (κ3) is 6.69. The van der Waals surface area contributed by atoms with Crippen molar-refractivity contribution < 1.29 is 14.7 Å². The van der Waals surface area contributed by atoms with Gasteiger partial charge in [0.15, 0.2) is 0 Å². The first kappa shape index (κ1) is 19.7. The van der Waals surface area contributed by atoms with Gasteiger partial charge < -0.3 is 15.7 Å². The molecule has 3 N–H and O–H groups in total. The van der Waals surface area contributed by atoms with E-state index in [2.05, 4.69) is 10.6 Å². The van der Waals surface area contributed by atoms with Crippen molar-refractivity contribution in [2.75, 3.05) is 11.9 Å². The molecule has 0 aliphatic carbocycles. The summed E-state index contributed by atoms with van der Waals surface area (Å²) in [6.45, 7) is 3.41. The minimum atomic E-state index is -0.635. The van der Waals surface area contributed by atoms with Crippen molar-refractivity contribution >= 4 is 17.5 Å². The Morgan fingerprint density at radius 2 is 1.58 bits per heavy atom. The van der Waals surface area contributed by atoms with E-state index in [1.54, 1.807) is 26.0 Å². The average molecular weight is 354 g/mol. The van der Waals surface area contributed by atoms with Crippen LogP contribution in [0.25, 0.3) is 0 Å². The minimum Gasteiger partial charge on any atom is -0.394 e. The standard InChI is InChI=1S/C21H26N2O3/c1-21(2,15-24)23-20(26)14-17-8-11-18(12-9-17)22-19(25)13-10-16-6-4-3-5-7-16/h3-9,11-12,24H,10,13-15H2,1-2H3,(H,22,25)(H,23,26). The Morgan fingerprint density at radius 3 is 2.19 bits per heavy atom. The number of anilines is 1. The van der Waals surface area contributed by atoms with E-state index in [1.165, 1.54) is 0 Å². The second-order valence-electron chi connectivity index (χ2n) is 7.00. The summed E-state index contributed by atoms with van der Waals surface area (Å²) in [5.41, 5.74) is 2.06. The van der Waals surface area contributed by atoms with Crippen LogP contribution >= 0.6 is 0 Å². The summed E-state index contributed by atoms with van der Waals surface area (Å²) in [6, 6.07) is 17.1. The van der Waals surface area contributed by atoms with E-state index in [1.807, 2.05) is 42.5 Å². The molecule has 5 heteroatoms. The Morgan fingerprint density at radius 1 is 0.923 bits per heavy atom. The van der Waals surface area contributed by atoms with E-state index >= 15 is 0 Å². The highest BCUT2D eigenvalue weighted by atomic mass is 16.3. The third-order valence-corrected chi connectivity index (χ3v) is 3.96. The molecule has 0 aliphatic heterocycles. The summed E-state index contributed by atoms with van der Waals surface area (Å²) < 4.78 is 0. The van der Waals surface area contributed by atoms with E-state index < -0.39 is 5.54 Å². The molecule has 2 aromatic carbocycles. The normalized spacial score (nSPS) is 11.0. The lowest BCUT2D eigenvalue weighted by atomic mass is 10.1. The van der Waals surface area contributed by atoms with Crippen molar-refractivity contribution in [2.24, 2.45) is 0 Å². The number of hydrogen-bond donors (Lipinski definition) is 3. The number of aryl methyl sites for hydroxylation is 1. The number of carbonyl (C=O) groups excluding carboxylic acids is 2. The van der Waals surface area contributed by atoms with Crippen molar-refractivity contribution in [1.82, 2.24) is 5.32 Å². The van der Waals surface area contributed by atoms with Gasteiger partial charge >= 0.3 is 0 Å². The summed E-state index contributed by atoms with van der Waals surface area (Å²) in [4.78, 5) is 24.0. The topological polar surface area (TPSA) is 78.4 Å². The molecule has 0 atom stereocenters. The summed E-state index contributed by atoms with van der Waals surface area (Å²) >= 11 is 0. The highest BCUT2D eigenvalue weighted by molar-refractivity contribution is 5.90. The molecule has 0 saturated carbocycles. The van der Waals surface area contributed by atoms with Crippen molar-refractivity contribution in [1.29, 1.82) is 0 Å². The summed E-state index contributed by atoms with van der Waals surface area (Å²) in [7, 11) is 0. The number of benzene rings is 2. The highest BCUT2D eigenvalue weighted by Gasteiger charge is 2.18. The predicted molar refractivity (Wildman–Crippen MR) is 103 cm³/mol. The first-order valence-corrected chi connectivity index (χ1v) is 8.72. The van der Waals surface area contributed by atoms with E-state index in [4.69, 9.17) is 0 Å². The van der Waals surface area contributed by atoms with Crippen molar-refractivity contribution in [3.8, 4) is 0 Å². The van der Waals surface area contributed by atoms with Gasteiger partial charge in [-0.3, -0.25) is 9.59 Å². The SMILES string of the molecule is CC(C)(CO)NC(=O)Cc1ccc(NC(=O)CCc2ccccc2)cc1. The van der Waals surface area contributed by atoms with Gasteiger partial charge in [-0.1, -0.05) is 42.5 Å². The van der Waals surface area contributed by atoms with E-state index in [0.29, 0.717) is 18.5 Å². The number of amides is 2. The van der Waals surface area contributed by atoms with Crippen LogP contribution in [0.15, 0.2) is 54.6 Å². The number of nitrogens with one attached hydrogen (secondary N) is 2. The molecule has 2 amide bonds. The maximum Gasteiger partial charge on any atom is 0.224 e. The molecule has 0 unspecified atom stereocenters. The quantitative estimate of drug-likeness (QED) is 0.682. The van der Waals surface area contributed by atoms with Crippen LogP contribution in [-0.2, 0) is 22.4 Å². The maximum atomic E-state index is 12.0. The number of aliphatic hydroxyl groups excluding tert-OH is 1. The fourth-order valence-corrected chi connectivity index (χ4v) is 2.48. The number of carbonyl (C=O) groups is 2. The zero-order chi connectivity index (χ0) is 19.0. The molecular weight excluding hydrogens is 328 g/mol. The van der Waals surface area contributed by atoms with Gasteiger partial charge in [-0.2, -0.15) is 0 Å². The summed E-state index contributed by atoms with van der Waals surface area (Å²) in [5.74, 6) is -0.187. The molecule has 0 aliphatic rings. The van der Waals surface area contributed by atoms with Crippen molar-refractivity contribution in [2.45, 2.75) is 38.6 Å². The second kappa shape index (κ2) is 9.15. The van der Waals surface area contributed by atoms with Gasteiger partial charge in [0.25, 0.3) is 0 Å². The summed E-state index contributed by atoms with van der Waals surface area (Å²) in [6.07, 6.45) is 1.35. The van der Waals surface area contributed by atoms with E-state index in [9.17, 15) is 14.7 Å². The molecule has 0 heterocycles. The molecule has 138 valence electrons. The zero-order valence-corrected chi connectivity index (χ0v) is 15.3. The molecule has 0 bridgehead atoms. The first-order valence-electron chi connectivity index (χ1n) is 8.72. The number of aliphatic hydroxyl groups is 1. The van der Waals surface area contributed by atoms with Crippen LogP contribution in [0.2, 0.25) is 0 Å². The van der Waals surface area contributed by atoms with Crippen molar-refractivity contribution in [3.63, 3.8) is 0 Å². The molecule has 2 aromatic rings. The van der Waals surface area contributed by atoms with Gasteiger partial charge in [0.05, 0.1) is 18.6 Å². The fourth-order valence-electron chi connectivity index (χ4n) is 2.48. The molecule has 2 rings (SSSR count). The lowest BCUT2D eigenvalue weighted by molar-refractivity contribution is -0.122. The summed E-state index contributed by atoms with van der Waals surface area (Å²) in [5, 5.41) is 14.8. The lowest BCUT2D eigenvalue weighted by Gasteiger charge is -2.23. The lowest BCUT2D eigenvalue weighted by Crippen LogP contribution is -2.46. The van der Waals surface area contributed by atoms with Gasteiger partial charge in [0.1, 0.15) is 0 Å². The number of rotatable bonds is 8. The molecule has 0 radical (unpaired) electrons. The second-order valence-corrected chi connectivity index (χ2v) is 7.00. The smallest absolute Gasteiger partial charge is 0.224 e. The monoisotopic (exact) mass is 354 g/mol. The Kier molecular flexibility index (Phi) is 6.92. The number of hydrogen-bond acceptors (Lipinski definition) is 3. The Labute approximate surface area is 154 Å². The van der Waals surface area contributed by atoms with Crippen LogP contribution in [0, 0.1) is 0 Å². The Bertz CT molecular complexity index is 725. The molecular formula is C21H26N2O3. The molecule has 5 nitrogen and oxygen atoms in total. The van der Waals surface area contributed by atoms with Crippen LogP contribution in [0.4, 0.5) is 5.69 Å². The largest absolute Gasteiger partial charge is 0.394 e. The zero-order valence-electron chi connectivity index (χ0n) is 15.3. The van der Waals surface area contributed by atoms with Crippen LogP contribution in [-0.4, -0.2) is 29.1 Å².